The third-order valence-electron chi connectivity index (χ3n) is 6.13. The monoisotopic (exact) mass is 289 g/mol. The fraction of sp³-hybridized carbons (Fsp3) is 0.667. The van der Waals surface area contributed by atoms with Crippen LogP contribution in [0.15, 0.2) is 24.3 Å². The van der Waals surface area contributed by atoms with Gasteiger partial charge in [0.25, 0.3) is 0 Å². The first-order valence-electron chi connectivity index (χ1n) is 8.00. The highest BCUT2D eigenvalue weighted by molar-refractivity contribution is 5.23. The van der Waals surface area contributed by atoms with E-state index in [1.54, 1.807) is 0 Å². The Morgan fingerprint density at radius 3 is 2.52 bits per heavy atom. The highest BCUT2D eigenvalue weighted by Crippen LogP contribution is 2.62. The van der Waals surface area contributed by atoms with Gasteiger partial charge in [-0.15, -0.1) is 0 Å². The Hall–Kier alpha value is -0.900. The zero-order valence-electron chi connectivity index (χ0n) is 13.3. The van der Waals surface area contributed by atoms with Gasteiger partial charge in [-0.05, 0) is 48.1 Å². The van der Waals surface area contributed by atoms with E-state index in [4.69, 9.17) is 0 Å². The van der Waals surface area contributed by atoms with Crippen molar-refractivity contribution in [3.05, 3.63) is 35.4 Å². The second kappa shape index (κ2) is 5.08. The lowest BCUT2D eigenvalue weighted by Gasteiger charge is -2.65. The molecule has 0 aromatic heterocycles. The molecule has 0 radical (unpaired) electrons. The topological polar surface area (TPSA) is 52.5 Å². The van der Waals surface area contributed by atoms with Crippen molar-refractivity contribution < 1.29 is 10.2 Å². The Kier molecular flexibility index (Phi) is 3.63. The SMILES string of the molecule is CC1(C)C2CC(NCc3cccc(CO)c3)[C@@](C)(O)C1C2. The van der Waals surface area contributed by atoms with E-state index in [1.165, 1.54) is 0 Å². The third kappa shape index (κ3) is 2.41. The first kappa shape index (κ1) is 15.0. The van der Waals surface area contributed by atoms with Gasteiger partial charge in [0.05, 0.1) is 12.2 Å². The van der Waals surface area contributed by atoms with Gasteiger partial charge in [0.15, 0.2) is 0 Å². The van der Waals surface area contributed by atoms with Gasteiger partial charge in [-0.1, -0.05) is 38.1 Å². The molecule has 0 aliphatic heterocycles. The number of aliphatic hydroxyl groups excluding tert-OH is 1. The molecule has 0 heterocycles. The summed E-state index contributed by atoms with van der Waals surface area (Å²) in [6.07, 6.45) is 2.22. The predicted molar refractivity (Wildman–Crippen MR) is 83.6 cm³/mol. The van der Waals surface area contributed by atoms with Gasteiger partial charge in [-0.2, -0.15) is 0 Å². The van der Waals surface area contributed by atoms with Crippen LogP contribution in [0.2, 0.25) is 0 Å². The Labute approximate surface area is 127 Å². The average molecular weight is 289 g/mol. The van der Waals surface area contributed by atoms with E-state index in [0.29, 0.717) is 5.92 Å². The minimum absolute atomic E-state index is 0.0767. The first-order valence-corrected chi connectivity index (χ1v) is 8.00. The summed E-state index contributed by atoms with van der Waals surface area (Å²) in [5.41, 5.74) is 1.75. The minimum Gasteiger partial charge on any atom is -0.392 e. The molecule has 0 spiro atoms. The van der Waals surface area contributed by atoms with Gasteiger partial charge < -0.3 is 15.5 Å². The highest BCUT2D eigenvalue weighted by Gasteiger charge is 2.62. The Morgan fingerprint density at radius 1 is 1.19 bits per heavy atom. The molecular formula is C18H27NO2. The fourth-order valence-electron chi connectivity index (χ4n) is 4.54. The van der Waals surface area contributed by atoms with E-state index in [1.807, 2.05) is 25.1 Å². The molecule has 21 heavy (non-hydrogen) atoms. The van der Waals surface area contributed by atoms with Crippen LogP contribution in [0, 0.1) is 17.3 Å². The van der Waals surface area contributed by atoms with E-state index >= 15 is 0 Å². The molecule has 3 N–H and O–H groups in total. The summed E-state index contributed by atoms with van der Waals surface area (Å²) in [4.78, 5) is 0. The molecule has 4 rings (SSSR count). The molecule has 3 nitrogen and oxygen atoms in total. The maximum Gasteiger partial charge on any atom is 0.0805 e. The number of fused-ring (bicyclic) bond motifs is 2. The molecule has 3 aliphatic rings. The average Bonchev–Trinajstić information content (AvgIpc) is 2.44. The van der Waals surface area contributed by atoms with Crippen molar-refractivity contribution in [1.29, 1.82) is 0 Å². The Balaban J connectivity index is 1.66. The van der Waals surface area contributed by atoms with Crippen molar-refractivity contribution in [2.45, 2.75) is 58.4 Å². The second-order valence-electron chi connectivity index (χ2n) is 7.68. The van der Waals surface area contributed by atoms with Crippen LogP contribution in [-0.4, -0.2) is 21.9 Å². The number of aliphatic hydroxyl groups is 2. The van der Waals surface area contributed by atoms with Crippen molar-refractivity contribution in [1.82, 2.24) is 5.32 Å². The summed E-state index contributed by atoms with van der Waals surface area (Å²) in [5.74, 6) is 1.12. The summed E-state index contributed by atoms with van der Waals surface area (Å²) in [6, 6.07) is 8.15. The van der Waals surface area contributed by atoms with Crippen molar-refractivity contribution >= 4 is 0 Å². The molecule has 3 unspecified atom stereocenters. The summed E-state index contributed by atoms with van der Waals surface area (Å²) in [5, 5.41) is 23.7. The molecule has 116 valence electrons. The fourth-order valence-corrected chi connectivity index (χ4v) is 4.54. The number of rotatable bonds is 4. The van der Waals surface area contributed by atoms with Gasteiger partial charge in [-0.3, -0.25) is 0 Å². The van der Waals surface area contributed by atoms with Crippen LogP contribution in [-0.2, 0) is 13.2 Å². The number of benzene rings is 1. The van der Waals surface area contributed by atoms with E-state index < -0.39 is 5.60 Å². The predicted octanol–water partition coefficient (Wildman–Crippen LogP) is 2.45. The number of hydrogen-bond donors (Lipinski definition) is 3. The summed E-state index contributed by atoms with van der Waals surface area (Å²) >= 11 is 0. The smallest absolute Gasteiger partial charge is 0.0805 e. The van der Waals surface area contributed by atoms with E-state index in [2.05, 4.69) is 25.2 Å². The lowest BCUT2D eigenvalue weighted by Crippen LogP contribution is -2.69. The van der Waals surface area contributed by atoms with Crippen LogP contribution in [0.4, 0.5) is 0 Å². The van der Waals surface area contributed by atoms with Crippen molar-refractivity contribution in [2.24, 2.45) is 17.3 Å². The van der Waals surface area contributed by atoms with Crippen LogP contribution in [0.3, 0.4) is 0 Å². The van der Waals surface area contributed by atoms with Gasteiger partial charge in [0.2, 0.25) is 0 Å². The molecular weight excluding hydrogens is 262 g/mol. The summed E-state index contributed by atoms with van der Waals surface area (Å²) in [6.45, 7) is 7.40. The van der Waals surface area contributed by atoms with Crippen molar-refractivity contribution in [3.63, 3.8) is 0 Å². The highest BCUT2D eigenvalue weighted by atomic mass is 16.3. The lowest BCUT2D eigenvalue weighted by molar-refractivity contribution is -0.209. The molecule has 2 bridgehead atoms. The molecule has 3 heteroatoms. The van der Waals surface area contributed by atoms with Crippen LogP contribution in [0.25, 0.3) is 0 Å². The molecule has 3 saturated carbocycles. The molecule has 3 fully saturated rings. The standard InChI is InChI=1S/C18H27NO2/c1-17(2)14-8-15(17)18(3,21)16(9-14)19-10-12-5-4-6-13(7-12)11-20/h4-7,14-16,19-21H,8-11H2,1-3H3/t14?,15?,16?,18-/m0/s1. The summed E-state index contributed by atoms with van der Waals surface area (Å²) in [7, 11) is 0. The van der Waals surface area contributed by atoms with Gasteiger partial charge in [-0.25, -0.2) is 0 Å². The molecule has 0 amide bonds. The van der Waals surface area contributed by atoms with Crippen LogP contribution >= 0.6 is 0 Å². The minimum atomic E-state index is -0.632. The quantitative estimate of drug-likeness (QED) is 0.798. The Morgan fingerprint density at radius 2 is 1.90 bits per heavy atom. The van der Waals surface area contributed by atoms with Crippen LogP contribution in [0.1, 0.15) is 44.7 Å². The molecule has 1 aromatic carbocycles. The van der Waals surface area contributed by atoms with Crippen LogP contribution < -0.4 is 5.32 Å². The number of hydrogen-bond acceptors (Lipinski definition) is 3. The largest absolute Gasteiger partial charge is 0.392 e. The molecule has 0 saturated heterocycles. The molecule has 3 aliphatic carbocycles. The zero-order valence-corrected chi connectivity index (χ0v) is 13.3. The van der Waals surface area contributed by atoms with Crippen LogP contribution in [0.5, 0.6) is 0 Å². The third-order valence-corrected chi connectivity index (χ3v) is 6.13. The normalized spacial score (nSPS) is 37.1. The zero-order chi connectivity index (χ0) is 15.3. The second-order valence-corrected chi connectivity index (χ2v) is 7.68. The van der Waals surface area contributed by atoms with E-state index in [-0.39, 0.29) is 18.1 Å². The molecule has 1 aromatic rings. The van der Waals surface area contributed by atoms with Gasteiger partial charge in [0.1, 0.15) is 0 Å². The van der Waals surface area contributed by atoms with Gasteiger partial charge in [0, 0.05) is 12.6 Å². The summed E-state index contributed by atoms with van der Waals surface area (Å²) < 4.78 is 0. The van der Waals surface area contributed by atoms with E-state index in [0.717, 1.165) is 36.4 Å². The van der Waals surface area contributed by atoms with Gasteiger partial charge >= 0.3 is 0 Å². The van der Waals surface area contributed by atoms with Crippen molar-refractivity contribution in [3.8, 4) is 0 Å². The number of nitrogens with one attached hydrogen (secondary N) is 1. The maximum absolute atomic E-state index is 11.0. The maximum atomic E-state index is 11.0. The van der Waals surface area contributed by atoms with Crippen molar-refractivity contribution in [2.75, 3.05) is 0 Å². The molecule has 4 atom stereocenters. The Bertz CT molecular complexity index is 524. The lowest BCUT2D eigenvalue weighted by atomic mass is 9.43. The van der Waals surface area contributed by atoms with E-state index in [9.17, 15) is 10.2 Å². The first-order chi connectivity index (χ1) is 9.85.